The van der Waals surface area contributed by atoms with Crippen LogP contribution in [-0.2, 0) is 16.6 Å². The highest BCUT2D eigenvalue weighted by Crippen LogP contribution is 2.29. The average Bonchev–Trinajstić information content (AvgIpc) is 3.07. The number of amides is 1. The maximum absolute atomic E-state index is 12.4. The van der Waals surface area contributed by atoms with Gasteiger partial charge in [-0.3, -0.25) is 4.79 Å². The van der Waals surface area contributed by atoms with Crippen molar-refractivity contribution < 1.29 is 28.5 Å². The van der Waals surface area contributed by atoms with Crippen LogP contribution in [0.5, 0.6) is 17.2 Å². The van der Waals surface area contributed by atoms with Crippen LogP contribution in [0.2, 0.25) is 0 Å². The molecule has 1 heterocycles. The molecule has 0 bridgehead atoms. The van der Waals surface area contributed by atoms with E-state index in [0.717, 1.165) is 11.2 Å². The number of esters is 1. The maximum Gasteiger partial charge on any atom is 0.340 e. The molecule has 3 aromatic rings. The lowest BCUT2D eigenvalue weighted by Gasteiger charge is -2.07. The lowest BCUT2D eigenvalue weighted by atomic mass is 10.1. The molecule has 9 heteroatoms. The van der Waals surface area contributed by atoms with Gasteiger partial charge in [-0.2, -0.15) is 5.10 Å². The Morgan fingerprint density at radius 2 is 1.85 bits per heavy atom. The predicted molar refractivity (Wildman–Crippen MR) is 124 cm³/mol. The van der Waals surface area contributed by atoms with Crippen LogP contribution in [0.15, 0.2) is 41.5 Å². The Labute approximate surface area is 191 Å². The van der Waals surface area contributed by atoms with Crippen molar-refractivity contribution in [3.05, 3.63) is 53.2 Å². The second-order valence-electron chi connectivity index (χ2n) is 7.11. The number of nitrogens with zero attached hydrogens (tertiary/aromatic N) is 2. The van der Waals surface area contributed by atoms with Gasteiger partial charge >= 0.3 is 5.97 Å². The summed E-state index contributed by atoms with van der Waals surface area (Å²) in [5, 5.41) is 4.66. The van der Waals surface area contributed by atoms with E-state index >= 15 is 0 Å². The number of hydrogen-bond donors (Lipinski definition) is 1. The number of methoxy groups -OCH3 is 2. The predicted octanol–water partition coefficient (Wildman–Crippen LogP) is 3.21. The second kappa shape index (κ2) is 10.5. The van der Waals surface area contributed by atoms with Gasteiger partial charge in [0.2, 0.25) is 0 Å². The standard InChI is InChI=1S/C24H27N3O6/c1-6-32-24(29)23-15(2)27(3)20-9-7-18(12-19(20)23)33-14-22(28)26-25-13-16-11-17(30-4)8-10-21(16)31-5/h7-13H,6,14H2,1-5H3,(H,26,28)/b25-13+. The summed E-state index contributed by atoms with van der Waals surface area (Å²) in [4.78, 5) is 24.6. The molecule has 2 aromatic carbocycles. The van der Waals surface area contributed by atoms with Gasteiger partial charge in [0.1, 0.15) is 17.2 Å². The third kappa shape index (κ3) is 5.25. The van der Waals surface area contributed by atoms with Gasteiger partial charge in [0.25, 0.3) is 5.91 Å². The Hall–Kier alpha value is -4.01. The van der Waals surface area contributed by atoms with Gasteiger partial charge in [0, 0.05) is 29.2 Å². The third-order valence-electron chi connectivity index (χ3n) is 5.14. The first-order valence-corrected chi connectivity index (χ1v) is 10.3. The molecular formula is C24H27N3O6. The normalized spacial score (nSPS) is 10.9. The Bertz CT molecular complexity index is 1200. The van der Waals surface area contributed by atoms with Crippen LogP contribution in [0.25, 0.3) is 10.9 Å². The van der Waals surface area contributed by atoms with E-state index in [4.69, 9.17) is 18.9 Å². The molecule has 0 aliphatic heterocycles. The lowest BCUT2D eigenvalue weighted by Crippen LogP contribution is -2.24. The molecule has 0 saturated carbocycles. The molecule has 0 spiro atoms. The minimum atomic E-state index is -0.442. The zero-order chi connectivity index (χ0) is 24.0. The summed E-state index contributed by atoms with van der Waals surface area (Å²) in [5.74, 6) is 0.850. The van der Waals surface area contributed by atoms with E-state index < -0.39 is 11.9 Å². The minimum absolute atomic E-state index is 0.251. The Morgan fingerprint density at radius 1 is 1.09 bits per heavy atom. The number of aromatic nitrogens is 1. The number of nitrogens with one attached hydrogen (secondary N) is 1. The topological polar surface area (TPSA) is 100 Å². The van der Waals surface area contributed by atoms with Crippen LogP contribution >= 0.6 is 0 Å². The van der Waals surface area contributed by atoms with Gasteiger partial charge < -0.3 is 23.5 Å². The molecule has 1 amide bonds. The number of benzene rings is 2. The second-order valence-corrected chi connectivity index (χ2v) is 7.11. The highest BCUT2D eigenvalue weighted by Gasteiger charge is 2.20. The first kappa shape index (κ1) is 23.6. The molecule has 0 saturated heterocycles. The van der Waals surface area contributed by atoms with E-state index in [2.05, 4.69) is 10.5 Å². The van der Waals surface area contributed by atoms with Gasteiger partial charge in [-0.1, -0.05) is 0 Å². The number of rotatable bonds is 9. The highest BCUT2D eigenvalue weighted by atomic mass is 16.5. The van der Waals surface area contributed by atoms with E-state index in [1.165, 1.54) is 6.21 Å². The fourth-order valence-corrected chi connectivity index (χ4v) is 3.40. The van der Waals surface area contributed by atoms with Crippen molar-refractivity contribution in [1.29, 1.82) is 0 Å². The van der Waals surface area contributed by atoms with Crippen molar-refractivity contribution in [2.45, 2.75) is 13.8 Å². The molecule has 1 aromatic heterocycles. The van der Waals surface area contributed by atoms with Crippen LogP contribution in [0.3, 0.4) is 0 Å². The zero-order valence-corrected chi connectivity index (χ0v) is 19.3. The number of carbonyl (C=O) groups excluding carboxylic acids is 2. The summed E-state index contributed by atoms with van der Waals surface area (Å²) in [6.45, 7) is 3.65. The summed E-state index contributed by atoms with van der Waals surface area (Å²) in [7, 11) is 4.99. The van der Waals surface area contributed by atoms with Crippen molar-refractivity contribution >= 4 is 29.0 Å². The quantitative estimate of drug-likeness (QED) is 0.303. The molecule has 3 rings (SSSR count). The SMILES string of the molecule is CCOC(=O)c1c(C)n(C)c2ccc(OCC(=O)N/N=C/c3cc(OC)ccc3OC)cc12. The Morgan fingerprint density at radius 3 is 2.55 bits per heavy atom. The van der Waals surface area contributed by atoms with Crippen LogP contribution in [0.1, 0.15) is 28.5 Å². The Balaban J connectivity index is 1.68. The molecule has 0 radical (unpaired) electrons. The van der Waals surface area contributed by atoms with Crippen molar-refractivity contribution in [3.8, 4) is 17.2 Å². The zero-order valence-electron chi connectivity index (χ0n) is 19.3. The summed E-state index contributed by atoms with van der Waals surface area (Å²) in [5.41, 5.74) is 5.21. The largest absolute Gasteiger partial charge is 0.497 e. The monoisotopic (exact) mass is 453 g/mol. The molecule has 0 atom stereocenters. The average molecular weight is 453 g/mol. The van der Waals surface area contributed by atoms with Gasteiger partial charge in [0.15, 0.2) is 6.61 Å². The van der Waals surface area contributed by atoms with Crippen LogP contribution in [-0.4, -0.2) is 50.1 Å². The van der Waals surface area contributed by atoms with Gasteiger partial charge in [-0.05, 0) is 50.2 Å². The van der Waals surface area contributed by atoms with Crippen LogP contribution in [0.4, 0.5) is 0 Å². The number of hydrazone groups is 1. The van der Waals surface area contributed by atoms with Crippen molar-refractivity contribution in [2.75, 3.05) is 27.4 Å². The van der Waals surface area contributed by atoms with E-state index in [0.29, 0.717) is 33.8 Å². The summed E-state index contributed by atoms with van der Waals surface area (Å²) >= 11 is 0. The number of carbonyl (C=O) groups is 2. The van der Waals surface area contributed by atoms with Crippen molar-refractivity contribution in [3.63, 3.8) is 0 Å². The smallest absolute Gasteiger partial charge is 0.340 e. The van der Waals surface area contributed by atoms with Crippen molar-refractivity contribution in [1.82, 2.24) is 9.99 Å². The van der Waals surface area contributed by atoms with E-state index in [1.54, 1.807) is 51.5 Å². The lowest BCUT2D eigenvalue weighted by molar-refractivity contribution is -0.123. The molecule has 33 heavy (non-hydrogen) atoms. The first-order chi connectivity index (χ1) is 15.9. The van der Waals surface area contributed by atoms with Crippen LogP contribution < -0.4 is 19.6 Å². The first-order valence-electron chi connectivity index (χ1n) is 10.3. The number of fused-ring (bicyclic) bond motifs is 1. The highest BCUT2D eigenvalue weighted by molar-refractivity contribution is 6.06. The maximum atomic E-state index is 12.4. The summed E-state index contributed by atoms with van der Waals surface area (Å²) < 4.78 is 23.2. The van der Waals surface area contributed by atoms with E-state index in [-0.39, 0.29) is 13.2 Å². The number of aryl methyl sites for hydroxylation is 1. The molecular weight excluding hydrogens is 426 g/mol. The fraction of sp³-hybridized carbons (Fsp3) is 0.292. The van der Waals surface area contributed by atoms with Crippen LogP contribution in [0, 0.1) is 6.92 Å². The summed E-state index contributed by atoms with van der Waals surface area (Å²) in [6.07, 6.45) is 1.46. The van der Waals surface area contributed by atoms with Crippen molar-refractivity contribution in [2.24, 2.45) is 12.1 Å². The van der Waals surface area contributed by atoms with E-state index in [1.807, 2.05) is 24.6 Å². The third-order valence-corrected chi connectivity index (χ3v) is 5.14. The summed E-state index contributed by atoms with van der Waals surface area (Å²) in [6, 6.07) is 10.6. The Kier molecular flexibility index (Phi) is 7.55. The number of hydrogen-bond acceptors (Lipinski definition) is 7. The van der Waals surface area contributed by atoms with Gasteiger partial charge in [0.05, 0.1) is 32.6 Å². The molecule has 174 valence electrons. The minimum Gasteiger partial charge on any atom is -0.497 e. The van der Waals surface area contributed by atoms with E-state index in [9.17, 15) is 9.59 Å². The molecule has 0 aliphatic carbocycles. The molecule has 9 nitrogen and oxygen atoms in total. The molecule has 0 unspecified atom stereocenters. The number of ether oxygens (including phenoxy) is 4. The molecule has 0 fully saturated rings. The molecule has 1 N–H and O–H groups in total. The fourth-order valence-electron chi connectivity index (χ4n) is 3.40. The molecule has 0 aliphatic rings. The van der Waals surface area contributed by atoms with Gasteiger partial charge in [-0.25, -0.2) is 10.2 Å². The van der Waals surface area contributed by atoms with Gasteiger partial charge in [-0.15, -0.1) is 0 Å².